The van der Waals surface area contributed by atoms with Gasteiger partial charge in [-0.05, 0) is 0 Å². The van der Waals surface area contributed by atoms with Gasteiger partial charge in [-0.25, -0.2) is 0 Å². The molecular formula is C25H25Cl2Zr. The Balaban J connectivity index is 0.00000140. The molecule has 0 amide bonds. The molecule has 0 atom stereocenters. The molecule has 3 heteroatoms. The van der Waals surface area contributed by atoms with Gasteiger partial charge in [-0.1, -0.05) is 0 Å². The van der Waals surface area contributed by atoms with Gasteiger partial charge in [0.2, 0.25) is 0 Å². The Morgan fingerprint density at radius 3 is 2.11 bits per heavy atom. The van der Waals surface area contributed by atoms with E-state index < -0.39 is 0 Å². The van der Waals surface area contributed by atoms with Crippen LogP contribution in [0.4, 0.5) is 0 Å². The van der Waals surface area contributed by atoms with Gasteiger partial charge < -0.3 is 24.8 Å². The van der Waals surface area contributed by atoms with E-state index in [1.165, 1.54) is 76.7 Å². The molecule has 2 aliphatic carbocycles. The molecule has 28 heavy (non-hydrogen) atoms. The van der Waals surface area contributed by atoms with Gasteiger partial charge in [0.25, 0.3) is 0 Å². The molecule has 0 unspecified atom stereocenters. The molecule has 0 aromatic heterocycles. The average molecular weight is 488 g/mol. The van der Waals surface area contributed by atoms with E-state index in [0.717, 1.165) is 6.42 Å². The maximum Gasteiger partial charge on any atom is -1.00 e. The van der Waals surface area contributed by atoms with Gasteiger partial charge in [0.05, 0.1) is 0 Å². The first-order chi connectivity index (χ1) is 12.3. The SMILES string of the molecule is CC(C)=c1c(C(C)(C)C)cc2c(c1C1=CC=CC1)[C]([Zr+2])=c1ccccc1=2.[Cl-].[Cl-]. The normalized spacial score (nSPS) is 14.1. The third-order valence-corrected chi connectivity index (χ3v) is 6.74. The van der Waals surface area contributed by atoms with Gasteiger partial charge in [0.15, 0.2) is 0 Å². The molecule has 0 aliphatic heterocycles. The standard InChI is InChI=1S/C25H25.2ClH.Zr/c1-16(2)23-22(25(3,4)5)15-20-19-13-9-8-12-18(19)14-21(20)24(23)17-10-6-7-11-17;;;/h6-10,12-13,15H,11H2,1-5H3;2*1H;/q;;;+2/p-2. The monoisotopic (exact) mass is 485 g/mol. The first-order valence-corrected chi connectivity index (χ1v) is 10.6. The van der Waals surface area contributed by atoms with Crippen molar-refractivity contribution in [3.05, 3.63) is 86.1 Å². The van der Waals surface area contributed by atoms with E-state index in [2.05, 4.69) is 83.2 Å². The smallest absolute Gasteiger partial charge is 1.00 e. The minimum absolute atomic E-state index is 0. The summed E-state index contributed by atoms with van der Waals surface area (Å²) in [5, 5.41) is 5.75. The molecule has 0 saturated carbocycles. The molecular weight excluding hydrogens is 462 g/mol. The van der Waals surface area contributed by atoms with Crippen LogP contribution in [0.2, 0.25) is 0 Å². The Labute approximate surface area is 195 Å². The van der Waals surface area contributed by atoms with Crippen molar-refractivity contribution in [2.24, 2.45) is 0 Å². The fourth-order valence-corrected chi connectivity index (χ4v) is 5.46. The number of halogens is 2. The topological polar surface area (TPSA) is 0 Å². The van der Waals surface area contributed by atoms with Crippen LogP contribution in [0.3, 0.4) is 0 Å². The van der Waals surface area contributed by atoms with Crippen molar-refractivity contribution in [2.45, 2.75) is 46.5 Å². The second-order valence-corrected chi connectivity index (χ2v) is 9.82. The van der Waals surface area contributed by atoms with E-state index in [0.29, 0.717) is 0 Å². The Bertz CT molecular complexity index is 1200. The van der Waals surface area contributed by atoms with Crippen molar-refractivity contribution in [1.29, 1.82) is 0 Å². The zero-order valence-corrected chi connectivity index (χ0v) is 21.1. The van der Waals surface area contributed by atoms with E-state index in [9.17, 15) is 0 Å². The molecule has 0 nitrogen and oxygen atoms in total. The van der Waals surface area contributed by atoms with Crippen LogP contribution < -0.4 is 35.3 Å². The van der Waals surface area contributed by atoms with Crippen LogP contribution in [0, 0.1) is 10.4 Å². The Morgan fingerprint density at radius 1 is 0.929 bits per heavy atom. The number of benzene rings is 2. The number of fused-ring (bicyclic) bond motifs is 2. The summed E-state index contributed by atoms with van der Waals surface area (Å²) >= 11 is 1.50. The summed E-state index contributed by atoms with van der Waals surface area (Å²) in [6.45, 7) is 11.6. The largest absolute Gasteiger partial charge is 1.00 e. The summed E-state index contributed by atoms with van der Waals surface area (Å²) in [6, 6.07) is 11.4. The fourth-order valence-electron chi connectivity index (χ4n) is 4.29. The first kappa shape index (κ1) is 23.4. The van der Waals surface area contributed by atoms with E-state index in [-0.39, 0.29) is 30.2 Å². The van der Waals surface area contributed by atoms with E-state index in [1.807, 2.05) is 0 Å². The number of hydrogen-bond donors (Lipinski definition) is 0. The predicted octanol–water partition coefficient (Wildman–Crippen LogP) is -1.17. The van der Waals surface area contributed by atoms with E-state index >= 15 is 0 Å². The predicted molar refractivity (Wildman–Crippen MR) is 108 cm³/mol. The van der Waals surface area contributed by atoms with Crippen LogP contribution in [0.15, 0.2) is 48.6 Å². The van der Waals surface area contributed by atoms with Crippen LogP contribution >= 0.6 is 0 Å². The molecule has 2 aromatic carbocycles. The van der Waals surface area contributed by atoms with Crippen molar-refractivity contribution >= 4 is 14.4 Å². The third-order valence-electron chi connectivity index (χ3n) is 5.46. The molecule has 2 aliphatic rings. The number of hydrogen-bond acceptors (Lipinski definition) is 0. The van der Waals surface area contributed by atoms with Gasteiger partial charge in [-0.15, -0.1) is 0 Å². The maximum absolute atomic E-state index is 2.49. The molecule has 4 rings (SSSR count). The van der Waals surface area contributed by atoms with Gasteiger partial charge in [0, 0.05) is 0 Å². The molecule has 0 fully saturated rings. The Kier molecular flexibility index (Phi) is 7.08. The summed E-state index contributed by atoms with van der Waals surface area (Å²) in [6.07, 6.45) is 7.86. The van der Waals surface area contributed by atoms with Gasteiger partial charge >= 0.3 is 172 Å². The van der Waals surface area contributed by atoms with Crippen LogP contribution in [0.25, 0.3) is 14.4 Å². The first-order valence-electron chi connectivity index (χ1n) is 9.37. The number of rotatable bonds is 1. The van der Waals surface area contributed by atoms with Crippen LogP contribution in [-0.4, -0.2) is 0 Å². The molecule has 0 N–H and O–H groups in total. The zero-order valence-electron chi connectivity index (χ0n) is 17.1. The van der Waals surface area contributed by atoms with Gasteiger partial charge in [0.1, 0.15) is 0 Å². The summed E-state index contributed by atoms with van der Waals surface area (Å²) in [4.78, 5) is 0. The number of allylic oxidation sites excluding steroid dienone is 4. The summed E-state index contributed by atoms with van der Waals surface area (Å²) in [5.74, 6) is 0. The molecule has 143 valence electrons. The zero-order chi connectivity index (χ0) is 18.6. The molecule has 0 heterocycles. The average Bonchev–Trinajstić information content (AvgIpc) is 3.20. The van der Waals surface area contributed by atoms with Gasteiger partial charge in [-0.3, -0.25) is 0 Å². The maximum atomic E-state index is 2.49. The molecule has 2 aromatic rings. The van der Waals surface area contributed by atoms with Crippen molar-refractivity contribution in [3.63, 3.8) is 0 Å². The summed E-state index contributed by atoms with van der Waals surface area (Å²) in [5.41, 5.74) is 7.45. The van der Waals surface area contributed by atoms with E-state index in [1.54, 1.807) is 0 Å². The van der Waals surface area contributed by atoms with Crippen LogP contribution in [0.5, 0.6) is 0 Å². The van der Waals surface area contributed by atoms with Crippen molar-refractivity contribution in [3.8, 4) is 0 Å². The second kappa shape index (κ2) is 8.47. The van der Waals surface area contributed by atoms with E-state index in [4.69, 9.17) is 0 Å². The molecule has 0 saturated heterocycles. The minimum Gasteiger partial charge on any atom is -1.00 e. The van der Waals surface area contributed by atoms with Gasteiger partial charge in [-0.2, -0.15) is 0 Å². The second-order valence-electron chi connectivity index (χ2n) is 8.59. The third kappa shape index (κ3) is 3.67. The minimum atomic E-state index is 0. The Morgan fingerprint density at radius 2 is 1.57 bits per heavy atom. The van der Waals surface area contributed by atoms with Crippen molar-refractivity contribution in [2.75, 3.05) is 0 Å². The van der Waals surface area contributed by atoms with Crippen molar-refractivity contribution in [1.82, 2.24) is 0 Å². The quantitative estimate of drug-likeness (QED) is 0.476. The van der Waals surface area contributed by atoms with Crippen LogP contribution in [-0.2, 0) is 30.1 Å². The summed E-state index contributed by atoms with van der Waals surface area (Å²) < 4.78 is 1.51. The fraction of sp³-hybridized carbons (Fsp3) is 0.280. The molecule has 0 spiro atoms. The summed E-state index contributed by atoms with van der Waals surface area (Å²) in [7, 11) is 0. The van der Waals surface area contributed by atoms with Crippen LogP contribution in [0.1, 0.15) is 57.7 Å². The molecule has 0 bridgehead atoms. The Hall–Kier alpha value is -0.877. The van der Waals surface area contributed by atoms with Crippen molar-refractivity contribution < 1.29 is 49.5 Å². The molecule has 0 radical (unpaired) electrons.